The smallest absolute Gasteiger partial charge is 0.243 e. The fourth-order valence-corrected chi connectivity index (χ4v) is 4.07. The van der Waals surface area contributed by atoms with E-state index < -0.39 is 0 Å². The maximum Gasteiger partial charge on any atom is 0.243 e. The van der Waals surface area contributed by atoms with Gasteiger partial charge in [-0.05, 0) is 19.4 Å². The third kappa shape index (κ3) is 4.51. The highest BCUT2D eigenvalue weighted by Gasteiger charge is 2.26. The molecule has 146 valence electrons. The van der Waals surface area contributed by atoms with E-state index in [1.165, 1.54) is 5.56 Å². The minimum absolute atomic E-state index is 0.127. The molecule has 1 saturated heterocycles. The fourth-order valence-electron chi connectivity index (χ4n) is 3.27. The summed E-state index contributed by atoms with van der Waals surface area (Å²) in [7, 11) is 0. The van der Waals surface area contributed by atoms with Crippen LogP contribution in [-0.4, -0.2) is 51.2 Å². The highest BCUT2D eigenvalue weighted by molar-refractivity contribution is 7.98. The summed E-state index contributed by atoms with van der Waals surface area (Å²) in [6, 6.07) is 10.6. The molecule has 28 heavy (non-hydrogen) atoms. The average molecular weight is 397 g/mol. The van der Waals surface area contributed by atoms with Gasteiger partial charge in [0.15, 0.2) is 5.82 Å². The van der Waals surface area contributed by atoms with Gasteiger partial charge >= 0.3 is 0 Å². The van der Waals surface area contributed by atoms with E-state index in [2.05, 4.69) is 56.1 Å². The molecule has 1 aliphatic heterocycles. The Kier molecular flexibility index (Phi) is 5.87. The summed E-state index contributed by atoms with van der Waals surface area (Å²) in [5, 5.41) is 4.86. The van der Waals surface area contributed by atoms with Crippen molar-refractivity contribution in [1.29, 1.82) is 0 Å². The van der Waals surface area contributed by atoms with Crippen LogP contribution in [0.25, 0.3) is 0 Å². The van der Waals surface area contributed by atoms with Gasteiger partial charge in [-0.3, -0.25) is 9.88 Å². The van der Waals surface area contributed by atoms with Gasteiger partial charge in [-0.15, -0.1) is 11.8 Å². The van der Waals surface area contributed by atoms with Crippen LogP contribution < -0.4 is 4.90 Å². The lowest BCUT2D eigenvalue weighted by Crippen LogP contribution is -2.47. The number of hydrogen-bond acceptors (Lipinski definition) is 8. The molecule has 0 N–H and O–H groups in total. The Bertz CT molecular complexity index is 894. The van der Waals surface area contributed by atoms with E-state index in [9.17, 15) is 0 Å². The number of aromatic nitrogens is 4. The Balaban J connectivity index is 1.34. The standard InChI is InChI=1S/C20H24N6OS/c1-15(20-22-16(2)24-27-20)25-8-10-26(11-9-25)18-12-21-13-19(23-18)28-14-17-6-4-3-5-7-17/h3-7,12-13,15H,8-11,14H2,1-2H3. The second-order valence-electron chi connectivity index (χ2n) is 6.87. The van der Waals surface area contributed by atoms with Crippen molar-refractivity contribution in [3.05, 3.63) is 60.0 Å². The molecule has 1 aromatic carbocycles. The number of hydrogen-bond donors (Lipinski definition) is 0. The zero-order valence-corrected chi connectivity index (χ0v) is 17.0. The Morgan fingerprint density at radius 3 is 2.57 bits per heavy atom. The summed E-state index contributed by atoms with van der Waals surface area (Å²) in [6.45, 7) is 7.61. The van der Waals surface area contributed by atoms with Gasteiger partial charge in [0.1, 0.15) is 10.8 Å². The number of thioether (sulfide) groups is 1. The van der Waals surface area contributed by atoms with Gasteiger partial charge in [0, 0.05) is 31.9 Å². The van der Waals surface area contributed by atoms with Gasteiger partial charge in [-0.1, -0.05) is 35.5 Å². The largest absolute Gasteiger partial charge is 0.353 e. The van der Waals surface area contributed by atoms with E-state index in [1.807, 2.05) is 25.4 Å². The van der Waals surface area contributed by atoms with Crippen LogP contribution in [0, 0.1) is 6.92 Å². The quantitative estimate of drug-likeness (QED) is 0.588. The monoisotopic (exact) mass is 396 g/mol. The molecule has 4 rings (SSSR count). The van der Waals surface area contributed by atoms with Crippen LogP contribution >= 0.6 is 11.8 Å². The first-order valence-corrected chi connectivity index (χ1v) is 10.5. The SMILES string of the molecule is Cc1noc(C(C)N2CCN(c3cncc(SCc4ccccc4)n3)CC2)n1. The maximum absolute atomic E-state index is 5.33. The van der Waals surface area contributed by atoms with Crippen molar-refractivity contribution in [3.63, 3.8) is 0 Å². The van der Waals surface area contributed by atoms with Crippen LogP contribution in [0.1, 0.15) is 30.2 Å². The molecule has 7 nitrogen and oxygen atoms in total. The molecule has 0 spiro atoms. The minimum atomic E-state index is 0.127. The summed E-state index contributed by atoms with van der Waals surface area (Å²) < 4.78 is 5.33. The number of rotatable bonds is 6. The molecule has 8 heteroatoms. The highest BCUT2D eigenvalue weighted by atomic mass is 32.2. The molecule has 1 atom stereocenters. The molecule has 2 aromatic heterocycles. The van der Waals surface area contributed by atoms with E-state index in [0.717, 1.165) is 42.8 Å². The van der Waals surface area contributed by atoms with Crippen LogP contribution in [-0.2, 0) is 5.75 Å². The number of aryl methyl sites for hydroxylation is 1. The molecule has 1 fully saturated rings. The Hall–Kier alpha value is -2.45. The predicted molar refractivity (Wildman–Crippen MR) is 109 cm³/mol. The van der Waals surface area contributed by atoms with E-state index in [4.69, 9.17) is 9.51 Å². The topological polar surface area (TPSA) is 71.2 Å². The van der Waals surface area contributed by atoms with Crippen molar-refractivity contribution in [1.82, 2.24) is 25.0 Å². The van der Waals surface area contributed by atoms with Gasteiger partial charge in [-0.2, -0.15) is 4.98 Å². The molecule has 3 aromatic rings. The predicted octanol–water partition coefficient (Wildman–Crippen LogP) is 3.34. The zero-order chi connectivity index (χ0) is 19.3. The Morgan fingerprint density at radius 1 is 1.07 bits per heavy atom. The summed E-state index contributed by atoms with van der Waals surface area (Å²) >= 11 is 1.72. The van der Waals surface area contributed by atoms with Gasteiger partial charge < -0.3 is 9.42 Å². The first-order chi connectivity index (χ1) is 13.7. The van der Waals surface area contributed by atoms with Crippen LogP contribution in [0.15, 0.2) is 52.3 Å². The molecular formula is C20H24N6OS. The van der Waals surface area contributed by atoms with E-state index in [-0.39, 0.29) is 6.04 Å². The number of nitrogens with zero attached hydrogens (tertiary/aromatic N) is 6. The Morgan fingerprint density at radius 2 is 1.86 bits per heavy atom. The van der Waals surface area contributed by atoms with E-state index >= 15 is 0 Å². The summed E-state index contributed by atoms with van der Waals surface area (Å²) in [4.78, 5) is 18.2. The lowest BCUT2D eigenvalue weighted by Gasteiger charge is -2.37. The summed E-state index contributed by atoms with van der Waals surface area (Å²) in [6.07, 6.45) is 3.69. The van der Waals surface area contributed by atoms with Crippen molar-refractivity contribution in [2.45, 2.75) is 30.7 Å². The highest BCUT2D eigenvalue weighted by Crippen LogP contribution is 2.25. The second-order valence-corrected chi connectivity index (χ2v) is 7.86. The summed E-state index contributed by atoms with van der Waals surface area (Å²) in [5.74, 6) is 3.21. The van der Waals surface area contributed by atoms with Crippen molar-refractivity contribution in [3.8, 4) is 0 Å². The summed E-state index contributed by atoms with van der Waals surface area (Å²) in [5.41, 5.74) is 1.29. The van der Waals surface area contributed by atoms with Crippen LogP contribution in [0.2, 0.25) is 0 Å². The van der Waals surface area contributed by atoms with Crippen molar-refractivity contribution >= 4 is 17.6 Å². The zero-order valence-electron chi connectivity index (χ0n) is 16.2. The van der Waals surface area contributed by atoms with Crippen molar-refractivity contribution in [2.24, 2.45) is 0 Å². The first kappa shape index (κ1) is 18.9. The molecule has 0 amide bonds. The van der Waals surface area contributed by atoms with E-state index in [1.54, 1.807) is 11.8 Å². The minimum Gasteiger partial charge on any atom is -0.353 e. The van der Waals surface area contributed by atoms with Gasteiger partial charge in [-0.25, -0.2) is 4.98 Å². The normalized spacial score (nSPS) is 16.3. The third-order valence-electron chi connectivity index (χ3n) is 4.92. The Labute approximate surface area is 169 Å². The lowest BCUT2D eigenvalue weighted by atomic mass is 10.2. The second kappa shape index (κ2) is 8.70. The molecule has 3 heterocycles. The van der Waals surface area contributed by atoms with Crippen molar-refractivity contribution in [2.75, 3.05) is 31.1 Å². The van der Waals surface area contributed by atoms with Crippen molar-refractivity contribution < 1.29 is 4.52 Å². The van der Waals surface area contributed by atoms with Gasteiger partial charge in [0.05, 0.1) is 18.4 Å². The molecule has 0 saturated carbocycles. The molecule has 0 radical (unpaired) electrons. The van der Waals surface area contributed by atoms with Crippen LogP contribution in [0.5, 0.6) is 0 Å². The first-order valence-electron chi connectivity index (χ1n) is 9.47. The maximum atomic E-state index is 5.33. The van der Waals surface area contributed by atoms with Gasteiger partial charge in [0.25, 0.3) is 0 Å². The molecule has 0 bridgehead atoms. The van der Waals surface area contributed by atoms with Crippen LogP contribution in [0.3, 0.4) is 0 Å². The number of piperazine rings is 1. The molecule has 1 unspecified atom stereocenters. The number of benzene rings is 1. The average Bonchev–Trinajstić information content (AvgIpc) is 3.19. The van der Waals surface area contributed by atoms with Crippen LogP contribution in [0.4, 0.5) is 5.82 Å². The lowest BCUT2D eigenvalue weighted by molar-refractivity contribution is 0.164. The van der Waals surface area contributed by atoms with Gasteiger partial charge in [0.2, 0.25) is 5.89 Å². The molecular weight excluding hydrogens is 372 g/mol. The molecule has 1 aliphatic rings. The van der Waals surface area contributed by atoms with E-state index in [0.29, 0.717) is 11.7 Å². The fraction of sp³-hybridized carbons (Fsp3) is 0.400. The number of anilines is 1. The third-order valence-corrected chi connectivity index (χ3v) is 5.89. The molecule has 0 aliphatic carbocycles.